The van der Waals surface area contributed by atoms with Crippen LogP contribution in [0.5, 0.6) is 0 Å². The van der Waals surface area contributed by atoms with Crippen molar-refractivity contribution >= 4 is 0 Å². The molecular formula is C5H11F2N. The van der Waals surface area contributed by atoms with Gasteiger partial charge in [0.2, 0.25) is 0 Å². The lowest BCUT2D eigenvalue weighted by Crippen LogP contribution is -2.23. The molecule has 0 N–H and O–H groups in total. The fourth-order valence-electron chi connectivity index (χ4n) is 0.400. The van der Waals surface area contributed by atoms with Gasteiger partial charge in [0.1, 0.15) is 13.3 Å². The molecule has 0 atom stereocenters. The maximum Gasteiger partial charge on any atom is 0.102 e. The molecule has 8 heavy (non-hydrogen) atoms. The van der Waals surface area contributed by atoms with E-state index in [0.717, 1.165) is 0 Å². The maximum atomic E-state index is 11.4. The Morgan fingerprint density at radius 1 is 1.12 bits per heavy atom. The summed E-state index contributed by atoms with van der Waals surface area (Å²) < 4.78 is 22.8. The number of rotatable bonds is 4. The Kier molecular flexibility index (Phi) is 4.85. The summed E-state index contributed by atoms with van der Waals surface area (Å²) in [4.78, 5) is 1.61. The summed E-state index contributed by atoms with van der Waals surface area (Å²) in [7, 11) is 1.69. The van der Waals surface area contributed by atoms with E-state index in [4.69, 9.17) is 0 Å². The van der Waals surface area contributed by atoms with Crippen LogP contribution in [0.3, 0.4) is 0 Å². The fourth-order valence-corrected chi connectivity index (χ4v) is 0.400. The average Bonchev–Trinajstić information content (AvgIpc) is 1.68. The van der Waals surface area contributed by atoms with E-state index in [1.807, 2.05) is 0 Å². The smallest absolute Gasteiger partial charge is 0.102 e. The van der Waals surface area contributed by atoms with Gasteiger partial charge in [0.15, 0.2) is 0 Å². The van der Waals surface area contributed by atoms with Gasteiger partial charge in [-0.25, -0.2) is 8.78 Å². The second kappa shape index (κ2) is 4.97. The normalized spacial score (nSPS) is 10.5. The van der Waals surface area contributed by atoms with Crippen molar-refractivity contribution in [2.24, 2.45) is 0 Å². The molecule has 0 aliphatic heterocycles. The summed E-state index contributed by atoms with van der Waals surface area (Å²) in [5.41, 5.74) is 0. The third kappa shape index (κ3) is 3.99. The minimum Gasteiger partial charge on any atom is -0.301 e. The summed E-state index contributed by atoms with van der Waals surface area (Å²) >= 11 is 0. The van der Waals surface area contributed by atoms with Crippen molar-refractivity contribution in [2.75, 3.05) is 33.5 Å². The molecule has 0 aliphatic rings. The van der Waals surface area contributed by atoms with Crippen LogP contribution in [0.15, 0.2) is 0 Å². The van der Waals surface area contributed by atoms with Crippen LogP contribution in [0.25, 0.3) is 0 Å². The second-order valence-electron chi connectivity index (χ2n) is 1.68. The van der Waals surface area contributed by atoms with E-state index in [-0.39, 0.29) is 0 Å². The number of alkyl halides is 2. The third-order valence-corrected chi connectivity index (χ3v) is 0.932. The molecule has 0 aromatic carbocycles. The molecule has 0 amide bonds. The Hall–Kier alpha value is -0.180. The first-order valence-electron chi connectivity index (χ1n) is 2.61. The molecule has 0 fully saturated rings. The minimum atomic E-state index is -0.392. The van der Waals surface area contributed by atoms with E-state index in [1.54, 1.807) is 11.9 Å². The fraction of sp³-hybridized carbons (Fsp3) is 1.00. The first-order valence-corrected chi connectivity index (χ1v) is 2.61. The molecule has 50 valence electrons. The Bertz CT molecular complexity index is 43.7. The van der Waals surface area contributed by atoms with Gasteiger partial charge in [-0.3, -0.25) is 0 Å². The molecule has 0 aromatic rings. The van der Waals surface area contributed by atoms with Crippen molar-refractivity contribution in [3.63, 3.8) is 0 Å². The van der Waals surface area contributed by atoms with Gasteiger partial charge in [-0.2, -0.15) is 0 Å². The zero-order chi connectivity index (χ0) is 6.41. The van der Waals surface area contributed by atoms with E-state index in [1.165, 1.54) is 0 Å². The molecule has 0 spiro atoms. The highest BCUT2D eigenvalue weighted by atomic mass is 19.1. The van der Waals surface area contributed by atoms with Gasteiger partial charge in [-0.05, 0) is 7.05 Å². The predicted octanol–water partition coefficient (Wildman–Crippen LogP) is 0.857. The maximum absolute atomic E-state index is 11.4. The van der Waals surface area contributed by atoms with Crippen LogP contribution in [0.2, 0.25) is 0 Å². The molecule has 0 heterocycles. The molecule has 0 rings (SSSR count). The van der Waals surface area contributed by atoms with Crippen molar-refractivity contribution < 1.29 is 8.78 Å². The number of nitrogens with zero attached hydrogens (tertiary/aromatic N) is 1. The Morgan fingerprint density at radius 3 is 1.75 bits per heavy atom. The first kappa shape index (κ1) is 7.82. The highest BCUT2D eigenvalue weighted by molar-refractivity contribution is 4.46. The van der Waals surface area contributed by atoms with Crippen LogP contribution in [0.4, 0.5) is 8.78 Å². The average molecular weight is 123 g/mol. The van der Waals surface area contributed by atoms with Crippen LogP contribution in [0, 0.1) is 0 Å². The van der Waals surface area contributed by atoms with Crippen molar-refractivity contribution in [3.05, 3.63) is 0 Å². The van der Waals surface area contributed by atoms with Gasteiger partial charge in [-0.15, -0.1) is 0 Å². The van der Waals surface area contributed by atoms with E-state index in [0.29, 0.717) is 13.1 Å². The summed E-state index contributed by atoms with van der Waals surface area (Å²) in [6.07, 6.45) is 0. The highest BCUT2D eigenvalue weighted by Crippen LogP contribution is 1.81. The number of hydrogen-bond donors (Lipinski definition) is 0. The Morgan fingerprint density at radius 2 is 1.50 bits per heavy atom. The van der Waals surface area contributed by atoms with E-state index in [2.05, 4.69) is 0 Å². The second-order valence-corrected chi connectivity index (χ2v) is 1.68. The standard InChI is InChI=1S/C5H11F2N/c1-8(4-2-6)5-3-7/h2-5H2,1H3. The van der Waals surface area contributed by atoms with Crippen LogP contribution >= 0.6 is 0 Å². The van der Waals surface area contributed by atoms with Crippen molar-refractivity contribution in [1.29, 1.82) is 0 Å². The molecular weight excluding hydrogens is 112 g/mol. The number of halogens is 2. The minimum absolute atomic E-state index is 0.337. The molecule has 0 saturated carbocycles. The topological polar surface area (TPSA) is 3.24 Å². The van der Waals surface area contributed by atoms with Gasteiger partial charge in [-0.1, -0.05) is 0 Å². The molecule has 0 unspecified atom stereocenters. The van der Waals surface area contributed by atoms with Crippen LogP contribution in [0.1, 0.15) is 0 Å². The Balaban J connectivity index is 2.92. The van der Waals surface area contributed by atoms with Gasteiger partial charge in [0, 0.05) is 13.1 Å². The van der Waals surface area contributed by atoms with Gasteiger partial charge in [0.05, 0.1) is 0 Å². The third-order valence-electron chi connectivity index (χ3n) is 0.932. The molecule has 0 aromatic heterocycles. The molecule has 0 aliphatic carbocycles. The molecule has 0 bridgehead atoms. The Labute approximate surface area is 48.3 Å². The summed E-state index contributed by atoms with van der Waals surface area (Å²) in [5, 5.41) is 0. The van der Waals surface area contributed by atoms with Crippen molar-refractivity contribution in [2.45, 2.75) is 0 Å². The highest BCUT2D eigenvalue weighted by Gasteiger charge is 1.93. The van der Waals surface area contributed by atoms with E-state index in [9.17, 15) is 8.78 Å². The molecule has 3 heteroatoms. The lowest BCUT2D eigenvalue weighted by atomic mass is 10.5. The number of hydrogen-bond acceptors (Lipinski definition) is 1. The molecule has 0 radical (unpaired) electrons. The predicted molar refractivity (Wildman–Crippen MR) is 29.4 cm³/mol. The first-order chi connectivity index (χ1) is 3.81. The van der Waals surface area contributed by atoms with Gasteiger partial charge < -0.3 is 4.90 Å². The van der Waals surface area contributed by atoms with Crippen LogP contribution in [-0.2, 0) is 0 Å². The van der Waals surface area contributed by atoms with Crippen molar-refractivity contribution in [3.8, 4) is 0 Å². The largest absolute Gasteiger partial charge is 0.301 e. The summed E-state index contributed by atoms with van der Waals surface area (Å²) in [5.74, 6) is 0. The van der Waals surface area contributed by atoms with Crippen molar-refractivity contribution in [1.82, 2.24) is 4.90 Å². The van der Waals surface area contributed by atoms with Crippen LogP contribution in [-0.4, -0.2) is 38.4 Å². The SMILES string of the molecule is CN(CCF)CCF. The lowest BCUT2D eigenvalue weighted by molar-refractivity contribution is 0.269. The monoisotopic (exact) mass is 123 g/mol. The lowest BCUT2D eigenvalue weighted by Gasteiger charge is -2.10. The van der Waals surface area contributed by atoms with Gasteiger partial charge in [0.25, 0.3) is 0 Å². The zero-order valence-electron chi connectivity index (χ0n) is 5.03. The van der Waals surface area contributed by atoms with Crippen LogP contribution < -0.4 is 0 Å². The quantitative estimate of drug-likeness (QED) is 0.536. The molecule has 0 saturated heterocycles. The summed E-state index contributed by atoms with van der Waals surface area (Å²) in [6.45, 7) is -0.110. The molecule has 1 nitrogen and oxygen atoms in total. The van der Waals surface area contributed by atoms with E-state index < -0.39 is 13.3 Å². The summed E-state index contributed by atoms with van der Waals surface area (Å²) in [6, 6.07) is 0. The zero-order valence-corrected chi connectivity index (χ0v) is 5.03. The van der Waals surface area contributed by atoms with E-state index >= 15 is 0 Å². The van der Waals surface area contributed by atoms with Gasteiger partial charge >= 0.3 is 0 Å².